The summed E-state index contributed by atoms with van der Waals surface area (Å²) < 4.78 is 11.0. The number of rotatable bonds is 11. The SMILES string of the molecule is COC(=O)CCC(=O)CCCC(C1=NCCS1)C1OC(C)(C)N(C(=O)O)C1Cc1ccccc1. The normalized spacial score (nSPS) is 22.3. The Morgan fingerprint density at radius 3 is 2.59 bits per heavy atom. The molecule has 1 aromatic carbocycles. The second kappa shape index (κ2) is 11.8. The third kappa shape index (κ3) is 6.60. The van der Waals surface area contributed by atoms with E-state index < -0.39 is 11.8 Å². The highest BCUT2D eigenvalue weighted by Crippen LogP contribution is 2.41. The third-order valence-electron chi connectivity index (χ3n) is 6.34. The van der Waals surface area contributed by atoms with Crippen LogP contribution in [0.3, 0.4) is 0 Å². The number of aliphatic imine (C=N–C) groups is 1. The summed E-state index contributed by atoms with van der Waals surface area (Å²) in [7, 11) is 1.31. The average molecular weight is 491 g/mol. The molecule has 1 amide bonds. The number of Topliss-reactive ketones (excluding diaryl/α,β-unsaturated/α-hetero) is 1. The van der Waals surface area contributed by atoms with Crippen LogP contribution in [0.1, 0.15) is 51.5 Å². The van der Waals surface area contributed by atoms with Crippen molar-refractivity contribution < 1.29 is 29.0 Å². The zero-order chi connectivity index (χ0) is 24.7. The van der Waals surface area contributed by atoms with Crippen molar-refractivity contribution >= 4 is 34.7 Å². The van der Waals surface area contributed by atoms with Crippen LogP contribution in [0.4, 0.5) is 4.79 Å². The number of hydrogen-bond acceptors (Lipinski definition) is 7. The number of benzene rings is 1. The van der Waals surface area contributed by atoms with Gasteiger partial charge in [-0.05, 0) is 38.7 Å². The number of nitrogens with zero attached hydrogens (tertiary/aromatic N) is 2. The van der Waals surface area contributed by atoms with Gasteiger partial charge in [-0.3, -0.25) is 19.5 Å². The molecule has 3 unspecified atom stereocenters. The number of methoxy groups -OCH3 is 1. The molecule has 0 saturated carbocycles. The summed E-state index contributed by atoms with van der Waals surface area (Å²) >= 11 is 1.69. The second-order valence-electron chi connectivity index (χ2n) is 9.12. The number of carbonyl (C=O) groups is 3. The maximum Gasteiger partial charge on any atom is 0.409 e. The molecule has 2 aliphatic heterocycles. The fraction of sp³-hybridized carbons (Fsp3) is 0.600. The predicted molar refractivity (Wildman–Crippen MR) is 131 cm³/mol. The van der Waals surface area contributed by atoms with Crippen LogP contribution < -0.4 is 0 Å². The van der Waals surface area contributed by atoms with Crippen LogP contribution in [-0.2, 0) is 25.5 Å². The first-order valence-corrected chi connectivity index (χ1v) is 12.7. The monoisotopic (exact) mass is 490 g/mol. The molecule has 1 aromatic rings. The number of esters is 1. The Hall–Kier alpha value is -2.39. The Labute approximate surface area is 205 Å². The van der Waals surface area contributed by atoms with E-state index in [1.165, 1.54) is 12.0 Å². The molecule has 0 aliphatic carbocycles. The van der Waals surface area contributed by atoms with Gasteiger partial charge >= 0.3 is 12.1 Å². The van der Waals surface area contributed by atoms with Crippen LogP contribution in [0.25, 0.3) is 0 Å². The van der Waals surface area contributed by atoms with Crippen LogP contribution in [0.15, 0.2) is 35.3 Å². The van der Waals surface area contributed by atoms with Gasteiger partial charge in [0.1, 0.15) is 11.5 Å². The van der Waals surface area contributed by atoms with Crippen LogP contribution in [0.5, 0.6) is 0 Å². The summed E-state index contributed by atoms with van der Waals surface area (Å²) in [5.41, 5.74) is 0.0664. The van der Waals surface area contributed by atoms with E-state index in [-0.39, 0.29) is 42.7 Å². The molecule has 1 fully saturated rings. The minimum Gasteiger partial charge on any atom is -0.469 e. The molecule has 2 heterocycles. The quantitative estimate of drug-likeness (QED) is 0.464. The van der Waals surface area contributed by atoms with E-state index in [1.54, 1.807) is 25.6 Å². The lowest BCUT2D eigenvalue weighted by Crippen LogP contribution is -2.49. The van der Waals surface area contributed by atoms with E-state index in [1.807, 2.05) is 30.3 Å². The molecule has 0 radical (unpaired) electrons. The molecule has 0 spiro atoms. The van der Waals surface area contributed by atoms with Crippen molar-refractivity contribution in [3.63, 3.8) is 0 Å². The molecular formula is C25H34N2O6S. The van der Waals surface area contributed by atoms with Crippen molar-refractivity contribution in [1.29, 1.82) is 0 Å². The topological polar surface area (TPSA) is 106 Å². The molecule has 186 valence electrons. The van der Waals surface area contributed by atoms with Gasteiger partial charge in [-0.1, -0.05) is 30.3 Å². The fourth-order valence-electron chi connectivity index (χ4n) is 4.79. The number of thioether (sulfide) groups is 1. The first kappa shape index (κ1) is 26.2. The van der Waals surface area contributed by atoms with Gasteiger partial charge in [-0.2, -0.15) is 0 Å². The summed E-state index contributed by atoms with van der Waals surface area (Å²) in [5.74, 6) is 0.428. The number of ether oxygens (including phenoxy) is 2. The fourth-order valence-corrected chi connectivity index (χ4v) is 5.83. The molecular weight excluding hydrogens is 456 g/mol. The molecule has 1 saturated heterocycles. The van der Waals surface area contributed by atoms with Gasteiger partial charge in [0.15, 0.2) is 0 Å². The van der Waals surface area contributed by atoms with E-state index in [4.69, 9.17) is 9.73 Å². The van der Waals surface area contributed by atoms with Gasteiger partial charge in [0.2, 0.25) is 0 Å². The third-order valence-corrected chi connectivity index (χ3v) is 7.45. The number of carboxylic acid groups (broad SMARTS) is 1. The lowest BCUT2D eigenvalue weighted by Gasteiger charge is -2.31. The van der Waals surface area contributed by atoms with Crippen molar-refractivity contribution in [2.45, 2.75) is 70.2 Å². The zero-order valence-electron chi connectivity index (χ0n) is 20.1. The summed E-state index contributed by atoms with van der Waals surface area (Å²) in [5, 5.41) is 11.0. The number of hydrogen-bond donors (Lipinski definition) is 1. The molecule has 34 heavy (non-hydrogen) atoms. The molecule has 0 aromatic heterocycles. The summed E-state index contributed by atoms with van der Waals surface area (Å²) in [6.07, 6.45) is 1.05. The molecule has 1 N–H and O–H groups in total. The van der Waals surface area contributed by atoms with Crippen molar-refractivity contribution in [3.8, 4) is 0 Å². The highest BCUT2D eigenvalue weighted by atomic mass is 32.2. The summed E-state index contributed by atoms with van der Waals surface area (Å²) in [6, 6.07) is 9.46. The number of amides is 1. The van der Waals surface area contributed by atoms with Gasteiger partial charge in [0.05, 0.1) is 30.7 Å². The van der Waals surface area contributed by atoms with E-state index in [9.17, 15) is 19.5 Å². The predicted octanol–water partition coefficient (Wildman–Crippen LogP) is 4.17. The molecule has 0 bridgehead atoms. The van der Waals surface area contributed by atoms with Crippen LogP contribution in [0, 0.1) is 5.92 Å². The smallest absolute Gasteiger partial charge is 0.409 e. The zero-order valence-corrected chi connectivity index (χ0v) is 20.9. The lowest BCUT2D eigenvalue weighted by molar-refractivity contribution is -0.141. The van der Waals surface area contributed by atoms with Crippen molar-refractivity contribution in [2.24, 2.45) is 10.9 Å². The van der Waals surface area contributed by atoms with Gasteiger partial charge < -0.3 is 14.6 Å². The van der Waals surface area contributed by atoms with Crippen molar-refractivity contribution in [1.82, 2.24) is 4.90 Å². The number of ketones is 1. The summed E-state index contributed by atoms with van der Waals surface area (Å²) in [4.78, 5) is 42.0. The van der Waals surface area contributed by atoms with E-state index >= 15 is 0 Å². The second-order valence-corrected chi connectivity index (χ2v) is 10.2. The van der Waals surface area contributed by atoms with Gasteiger partial charge in [-0.25, -0.2) is 4.79 Å². The average Bonchev–Trinajstić information content (AvgIpc) is 3.41. The Balaban J connectivity index is 1.78. The lowest BCUT2D eigenvalue weighted by atomic mass is 9.88. The minimum atomic E-state index is -1.01. The first-order chi connectivity index (χ1) is 16.2. The molecule has 9 heteroatoms. The van der Waals surface area contributed by atoms with Gasteiger partial charge in [0, 0.05) is 31.1 Å². The maximum atomic E-state index is 12.3. The van der Waals surface area contributed by atoms with Gasteiger partial charge in [0.25, 0.3) is 0 Å². The largest absolute Gasteiger partial charge is 0.469 e. The Morgan fingerprint density at radius 2 is 1.97 bits per heavy atom. The minimum absolute atomic E-state index is 0.0193. The van der Waals surface area contributed by atoms with E-state index in [0.717, 1.165) is 22.9 Å². The Bertz CT molecular complexity index is 904. The van der Waals surface area contributed by atoms with E-state index in [2.05, 4.69) is 4.74 Å². The van der Waals surface area contributed by atoms with Crippen LogP contribution in [-0.4, -0.2) is 70.2 Å². The van der Waals surface area contributed by atoms with Crippen molar-refractivity contribution in [3.05, 3.63) is 35.9 Å². The molecule has 8 nitrogen and oxygen atoms in total. The summed E-state index contributed by atoms with van der Waals surface area (Å²) in [6.45, 7) is 4.31. The molecule has 3 atom stereocenters. The van der Waals surface area contributed by atoms with Gasteiger partial charge in [-0.15, -0.1) is 11.8 Å². The molecule has 3 rings (SSSR count). The highest BCUT2D eigenvalue weighted by Gasteiger charge is 2.53. The van der Waals surface area contributed by atoms with Crippen molar-refractivity contribution in [2.75, 3.05) is 19.4 Å². The number of carbonyl (C=O) groups excluding carboxylic acids is 2. The maximum absolute atomic E-state index is 12.3. The van der Waals surface area contributed by atoms with Crippen LogP contribution >= 0.6 is 11.8 Å². The van der Waals surface area contributed by atoms with Crippen LogP contribution in [0.2, 0.25) is 0 Å². The Kier molecular flexibility index (Phi) is 9.13. The Morgan fingerprint density at radius 1 is 1.24 bits per heavy atom. The molecule has 2 aliphatic rings. The standard InChI is InChI=1S/C25H34N2O6S/c1-25(2)27(24(30)31)20(16-17-8-5-4-6-9-17)22(33-25)19(23-26-14-15-34-23)11-7-10-18(28)12-13-21(29)32-3/h4-6,8-9,19-20,22H,7,10-16H2,1-3H3,(H,30,31). The first-order valence-electron chi connectivity index (χ1n) is 11.7. The highest BCUT2D eigenvalue weighted by molar-refractivity contribution is 8.14. The van der Waals surface area contributed by atoms with E-state index in [0.29, 0.717) is 25.7 Å².